The van der Waals surface area contributed by atoms with Crippen LogP contribution in [0.3, 0.4) is 0 Å². The van der Waals surface area contributed by atoms with Crippen molar-refractivity contribution < 1.29 is 0 Å². The number of nitrogens with zero attached hydrogens (tertiary/aromatic N) is 4. The Labute approximate surface area is 95.3 Å². The van der Waals surface area contributed by atoms with E-state index in [9.17, 15) is 9.59 Å². The third-order valence-electron chi connectivity index (χ3n) is 2.84. The summed E-state index contributed by atoms with van der Waals surface area (Å²) >= 11 is 0. The summed E-state index contributed by atoms with van der Waals surface area (Å²) in [6.07, 6.45) is 0.856. The second-order valence-electron chi connectivity index (χ2n) is 3.93. The lowest BCUT2D eigenvalue weighted by Crippen LogP contribution is -2.41. The summed E-state index contributed by atoms with van der Waals surface area (Å²) < 4.78 is 0. The molecule has 0 saturated carbocycles. The number of aromatic amines is 1. The van der Waals surface area contributed by atoms with E-state index in [0.717, 1.165) is 6.42 Å². The Kier molecular flexibility index (Phi) is 2.13. The van der Waals surface area contributed by atoms with Gasteiger partial charge in [-0.05, 0) is 16.8 Å². The van der Waals surface area contributed by atoms with E-state index >= 15 is 0 Å². The quantitative estimate of drug-likeness (QED) is 0.617. The Morgan fingerprint density at radius 1 is 1.29 bits per heavy atom. The van der Waals surface area contributed by atoms with Crippen molar-refractivity contribution in [1.29, 1.82) is 0 Å². The molecule has 0 bridgehead atoms. The summed E-state index contributed by atoms with van der Waals surface area (Å²) in [5, 5.41) is 16.3. The molecule has 3 rings (SSSR count). The third-order valence-corrected chi connectivity index (χ3v) is 2.84. The highest BCUT2D eigenvalue weighted by Crippen LogP contribution is 2.23. The summed E-state index contributed by atoms with van der Waals surface area (Å²) in [4.78, 5) is 24.7. The van der Waals surface area contributed by atoms with Gasteiger partial charge in [0.05, 0.1) is 6.54 Å². The summed E-state index contributed by atoms with van der Waals surface area (Å²) in [6.45, 7) is 1.81. The Hall–Kier alpha value is -2.25. The Balaban J connectivity index is 1.93. The first-order chi connectivity index (χ1) is 8.27. The molecule has 8 nitrogen and oxygen atoms in total. The Morgan fingerprint density at radius 2 is 2.18 bits per heavy atom. The maximum atomic E-state index is 11.5. The van der Waals surface area contributed by atoms with Gasteiger partial charge in [-0.25, -0.2) is 5.10 Å². The van der Waals surface area contributed by atoms with Gasteiger partial charge in [0, 0.05) is 13.1 Å². The normalized spacial score (nSPS) is 15.4. The van der Waals surface area contributed by atoms with Gasteiger partial charge in [-0.2, -0.15) is 0 Å². The molecule has 0 fully saturated rings. The van der Waals surface area contributed by atoms with Crippen molar-refractivity contribution in [3.8, 4) is 0 Å². The molecule has 1 aromatic heterocycles. The van der Waals surface area contributed by atoms with Crippen LogP contribution in [-0.2, 0) is 6.54 Å². The van der Waals surface area contributed by atoms with E-state index in [4.69, 9.17) is 0 Å². The minimum atomic E-state index is -0.429. The van der Waals surface area contributed by atoms with Gasteiger partial charge in [0.1, 0.15) is 11.4 Å². The zero-order valence-electron chi connectivity index (χ0n) is 8.93. The van der Waals surface area contributed by atoms with Gasteiger partial charge >= 0.3 is 0 Å². The number of hydrogen-bond donors (Lipinski definition) is 2. The monoisotopic (exact) mass is 234 g/mol. The highest BCUT2D eigenvalue weighted by Gasteiger charge is 2.28. The minimum absolute atomic E-state index is 0.409. The first-order valence-corrected chi connectivity index (χ1v) is 5.32. The molecule has 0 radical (unpaired) electrons. The van der Waals surface area contributed by atoms with Crippen LogP contribution in [0.25, 0.3) is 0 Å². The zero-order valence-corrected chi connectivity index (χ0v) is 8.93. The zero-order chi connectivity index (χ0) is 11.8. The summed E-state index contributed by atoms with van der Waals surface area (Å²) in [5.74, 6) is 0.575. The van der Waals surface area contributed by atoms with Crippen LogP contribution < -0.4 is 21.1 Å². The second kappa shape index (κ2) is 3.65. The first-order valence-electron chi connectivity index (χ1n) is 5.32. The lowest BCUT2D eigenvalue weighted by molar-refractivity contribution is 0.733. The first kappa shape index (κ1) is 9.94. The average Bonchev–Trinajstić information content (AvgIpc) is 2.76. The molecule has 2 heterocycles. The van der Waals surface area contributed by atoms with Crippen LogP contribution in [0.1, 0.15) is 12.2 Å². The van der Waals surface area contributed by atoms with Crippen LogP contribution in [0.2, 0.25) is 0 Å². The molecule has 2 N–H and O–H groups in total. The van der Waals surface area contributed by atoms with Gasteiger partial charge < -0.3 is 10.2 Å². The van der Waals surface area contributed by atoms with Crippen LogP contribution in [0.5, 0.6) is 0 Å². The van der Waals surface area contributed by atoms with Crippen LogP contribution >= 0.6 is 0 Å². The lowest BCUT2D eigenvalue weighted by atomic mass is 10.1. The highest BCUT2D eigenvalue weighted by atomic mass is 16.2. The Bertz CT molecular complexity index is 597. The molecule has 0 amide bonds. The largest absolute Gasteiger partial charge is 0.380 e. The lowest BCUT2D eigenvalue weighted by Gasteiger charge is -2.22. The van der Waals surface area contributed by atoms with Crippen molar-refractivity contribution in [2.45, 2.75) is 13.0 Å². The van der Waals surface area contributed by atoms with Gasteiger partial charge in [-0.3, -0.25) is 9.59 Å². The van der Waals surface area contributed by atoms with Crippen molar-refractivity contribution in [1.82, 2.24) is 20.6 Å². The number of fused-ring (bicyclic) bond motifs is 1. The van der Waals surface area contributed by atoms with Gasteiger partial charge in [0.25, 0.3) is 10.9 Å². The molecule has 2 aromatic rings. The molecule has 1 aliphatic rings. The molecule has 8 heteroatoms. The number of anilines is 2. The van der Waals surface area contributed by atoms with Crippen LogP contribution in [0.15, 0.2) is 9.59 Å². The van der Waals surface area contributed by atoms with E-state index < -0.39 is 10.9 Å². The van der Waals surface area contributed by atoms with Crippen molar-refractivity contribution in [3.63, 3.8) is 0 Å². The van der Waals surface area contributed by atoms with Gasteiger partial charge in [0.15, 0.2) is 5.82 Å². The molecule has 0 spiro atoms. The number of hydrogen-bond acceptors (Lipinski definition) is 7. The van der Waals surface area contributed by atoms with E-state index in [2.05, 4.69) is 25.9 Å². The molecular weight excluding hydrogens is 224 g/mol. The van der Waals surface area contributed by atoms with Gasteiger partial charge in [-0.1, -0.05) is 0 Å². The summed E-state index contributed by atoms with van der Waals surface area (Å²) in [7, 11) is 0. The molecule has 0 unspecified atom stereocenters. The van der Waals surface area contributed by atoms with Crippen molar-refractivity contribution in [3.05, 3.63) is 26.3 Å². The topological polar surface area (TPSA) is 104 Å². The smallest absolute Gasteiger partial charge is 0.253 e. The van der Waals surface area contributed by atoms with E-state index in [1.807, 2.05) is 4.90 Å². The fraction of sp³-hybridized carbons (Fsp3) is 0.444. The summed E-state index contributed by atoms with van der Waals surface area (Å²) in [5.41, 5.74) is 0.0355. The van der Waals surface area contributed by atoms with E-state index in [1.54, 1.807) is 0 Å². The highest BCUT2D eigenvalue weighted by molar-refractivity contribution is 5.75. The van der Waals surface area contributed by atoms with Crippen molar-refractivity contribution in [2.24, 2.45) is 0 Å². The summed E-state index contributed by atoms with van der Waals surface area (Å²) in [6, 6.07) is 0. The maximum Gasteiger partial charge on any atom is 0.253 e. The molecule has 88 valence electrons. The standard InChI is InChI=1S/C9H10N6O2/c16-8-6-7(9(8)17)15(3-1-2-10-6)4-5-11-13-14-12-5/h10H,1-4H2,(H,11,12,13,14). The SMILES string of the molecule is O=c1c2c(c1=O)N(Cc1nnn[nH]1)CCCN2. The van der Waals surface area contributed by atoms with Crippen molar-refractivity contribution >= 4 is 11.4 Å². The minimum Gasteiger partial charge on any atom is -0.380 e. The molecule has 1 aliphatic heterocycles. The second-order valence-corrected chi connectivity index (χ2v) is 3.93. The number of H-pyrrole nitrogens is 1. The fourth-order valence-corrected chi connectivity index (χ4v) is 2.03. The van der Waals surface area contributed by atoms with E-state index in [1.165, 1.54) is 0 Å². The molecule has 0 aliphatic carbocycles. The Morgan fingerprint density at radius 3 is 2.94 bits per heavy atom. The fourth-order valence-electron chi connectivity index (χ4n) is 2.03. The number of aromatic nitrogens is 4. The average molecular weight is 234 g/mol. The van der Waals surface area contributed by atoms with Gasteiger partial charge in [-0.15, -0.1) is 5.10 Å². The molecule has 0 atom stereocenters. The molecular formula is C9H10N6O2. The van der Waals surface area contributed by atoms with E-state index in [0.29, 0.717) is 36.8 Å². The van der Waals surface area contributed by atoms with E-state index in [-0.39, 0.29) is 0 Å². The predicted molar refractivity (Wildman–Crippen MR) is 59.7 cm³/mol. The van der Waals surface area contributed by atoms with Crippen LogP contribution in [0.4, 0.5) is 11.4 Å². The maximum absolute atomic E-state index is 11.5. The van der Waals surface area contributed by atoms with Crippen molar-refractivity contribution in [2.75, 3.05) is 23.3 Å². The number of tetrazole rings is 1. The number of nitrogens with one attached hydrogen (secondary N) is 2. The number of rotatable bonds is 2. The molecule has 1 aromatic carbocycles. The van der Waals surface area contributed by atoms with Crippen LogP contribution in [-0.4, -0.2) is 33.7 Å². The molecule has 0 saturated heterocycles. The van der Waals surface area contributed by atoms with Crippen LogP contribution in [0, 0.1) is 0 Å². The predicted octanol–water partition coefficient (Wildman–Crippen LogP) is -1.38. The molecule has 17 heavy (non-hydrogen) atoms. The van der Waals surface area contributed by atoms with Gasteiger partial charge in [0.2, 0.25) is 0 Å². The third kappa shape index (κ3) is 1.49.